The van der Waals surface area contributed by atoms with E-state index < -0.39 is 0 Å². The van der Waals surface area contributed by atoms with Gasteiger partial charge < -0.3 is 15.0 Å². The molecule has 0 aliphatic rings. The first-order chi connectivity index (χ1) is 9.63. The summed E-state index contributed by atoms with van der Waals surface area (Å²) in [4.78, 5) is 23.6. The Morgan fingerprint density at radius 1 is 1.40 bits per heavy atom. The zero-order valence-corrected chi connectivity index (χ0v) is 11.8. The summed E-state index contributed by atoms with van der Waals surface area (Å²) in [5, 5.41) is 2.94. The van der Waals surface area contributed by atoms with Crippen LogP contribution >= 0.6 is 0 Å². The average molecular weight is 274 g/mol. The van der Waals surface area contributed by atoms with E-state index in [0.29, 0.717) is 11.4 Å². The number of aryl methyl sites for hydroxylation is 1. The molecule has 1 atom stereocenters. The number of ether oxygens (including phenoxy) is 1. The number of carbonyl (C=O) groups is 1. The Hall–Kier alpha value is -2.37. The summed E-state index contributed by atoms with van der Waals surface area (Å²) >= 11 is 0. The van der Waals surface area contributed by atoms with Crippen LogP contribution in [0.1, 0.15) is 41.3 Å². The van der Waals surface area contributed by atoms with Gasteiger partial charge >= 0.3 is 0 Å². The van der Waals surface area contributed by atoms with Gasteiger partial charge in [0.05, 0.1) is 18.7 Å². The van der Waals surface area contributed by atoms with E-state index in [1.807, 2.05) is 13.8 Å². The topological polar surface area (TPSA) is 79.9 Å². The van der Waals surface area contributed by atoms with E-state index in [9.17, 15) is 4.79 Å². The molecule has 2 aromatic heterocycles. The molecule has 20 heavy (non-hydrogen) atoms. The predicted molar refractivity (Wildman–Crippen MR) is 74.6 cm³/mol. The van der Waals surface area contributed by atoms with Crippen molar-refractivity contribution in [3.05, 3.63) is 41.6 Å². The van der Waals surface area contributed by atoms with E-state index in [1.54, 1.807) is 18.3 Å². The number of hydrogen-bond donors (Lipinski definition) is 2. The zero-order chi connectivity index (χ0) is 14.5. The minimum absolute atomic E-state index is 0.140. The molecule has 0 unspecified atom stereocenters. The minimum Gasteiger partial charge on any atom is -0.481 e. The SMILES string of the molecule is CC[C@@H](NC(=O)c1ccc(OC)nc1)c1ncc(C)[nH]1. The molecule has 0 aliphatic heterocycles. The van der Waals surface area contributed by atoms with Gasteiger partial charge in [-0.2, -0.15) is 0 Å². The molecule has 6 nitrogen and oxygen atoms in total. The van der Waals surface area contributed by atoms with Gasteiger partial charge in [-0.15, -0.1) is 0 Å². The fraction of sp³-hybridized carbons (Fsp3) is 0.357. The Morgan fingerprint density at radius 2 is 2.20 bits per heavy atom. The summed E-state index contributed by atoms with van der Waals surface area (Å²) in [6, 6.07) is 3.20. The molecule has 0 aliphatic carbocycles. The quantitative estimate of drug-likeness (QED) is 0.874. The van der Waals surface area contributed by atoms with E-state index >= 15 is 0 Å². The van der Waals surface area contributed by atoms with Crippen molar-refractivity contribution >= 4 is 5.91 Å². The second-order valence-corrected chi connectivity index (χ2v) is 4.47. The molecule has 2 aromatic rings. The Morgan fingerprint density at radius 3 is 2.70 bits per heavy atom. The number of methoxy groups -OCH3 is 1. The number of amides is 1. The molecule has 1 amide bonds. The minimum atomic E-state index is -0.180. The van der Waals surface area contributed by atoms with Gasteiger partial charge in [0.1, 0.15) is 5.82 Å². The molecule has 0 saturated heterocycles. The molecule has 2 rings (SSSR count). The number of nitrogens with zero attached hydrogens (tertiary/aromatic N) is 2. The largest absolute Gasteiger partial charge is 0.481 e. The smallest absolute Gasteiger partial charge is 0.253 e. The van der Waals surface area contributed by atoms with Crippen LogP contribution in [0.5, 0.6) is 5.88 Å². The zero-order valence-electron chi connectivity index (χ0n) is 11.8. The van der Waals surface area contributed by atoms with Gasteiger partial charge in [-0.3, -0.25) is 4.79 Å². The molecule has 0 saturated carbocycles. The average Bonchev–Trinajstić information content (AvgIpc) is 2.91. The molecular weight excluding hydrogens is 256 g/mol. The Bertz CT molecular complexity index is 577. The lowest BCUT2D eigenvalue weighted by molar-refractivity contribution is 0.0933. The summed E-state index contributed by atoms with van der Waals surface area (Å²) in [6.07, 6.45) is 4.00. The normalized spacial score (nSPS) is 11.9. The Labute approximate surface area is 117 Å². The van der Waals surface area contributed by atoms with Gasteiger partial charge in [0, 0.05) is 24.2 Å². The lowest BCUT2D eigenvalue weighted by atomic mass is 10.2. The fourth-order valence-electron chi connectivity index (χ4n) is 1.85. The summed E-state index contributed by atoms with van der Waals surface area (Å²) in [5.74, 6) is 1.07. The molecule has 0 fully saturated rings. The Kier molecular flexibility index (Phi) is 4.34. The number of imidazole rings is 1. The van der Waals surface area contributed by atoms with Crippen molar-refractivity contribution in [2.75, 3.05) is 7.11 Å². The first-order valence-corrected chi connectivity index (χ1v) is 6.46. The van der Waals surface area contributed by atoms with E-state index in [0.717, 1.165) is 17.9 Å². The number of aromatic amines is 1. The maximum absolute atomic E-state index is 12.2. The number of nitrogens with one attached hydrogen (secondary N) is 2. The van der Waals surface area contributed by atoms with Crippen LogP contribution in [0.25, 0.3) is 0 Å². The van der Waals surface area contributed by atoms with Gasteiger partial charge in [0.25, 0.3) is 5.91 Å². The van der Waals surface area contributed by atoms with Gasteiger partial charge in [0.15, 0.2) is 0 Å². The van der Waals surface area contributed by atoms with Gasteiger partial charge in [-0.1, -0.05) is 6.92 Å². The van der Waals surface area contributed by atoms with Gasteiger partial charge in [0.2, 0.25) is 5.88 Å². The van der Waals surface area contributed by atoms with Crippen molar-refractivity contribution in [2.24, 2.45) is 0 Å². The van der Waals surface area contributed by atoms with E-state index in [-0.39, 0.29) is 11.9 Å². The highest BCUT2D eigenvalue weighted by Gasteiger charge is 2.16. The third-order valence-corrected chi connectivity index (χ3v) is 2.97. The summed E-state index contributed by atoms with van der Waals surface area (Å²) < 4.78 is 4.97. The van der Waals surface area contributed by atoms with Crippen molar-refractivity contribution in [3.8, 4) is 5.88 Å². The molecule has 0 spiro atoms. The van der Waals surface area contributed by atoms with Crippen molar-refractivity contribution in [1.29, 1.82) is 0 Å². The number of carbonyl (C=O) groups excluding carboxylic acids is 1. The predicted octanol–water partition coefficient (Wildman–Crippen LogP) is 2.00. The molecular formula is C14H18N4O2. The van der Waals surface area contributed by atoms with Crippen molar-refractivity contribution in [2.45, 2.75) is 26.3 Å². The highest BCUT2D eigenvalue weighted by Crippen LogP contribution is 2.14. The lowest BCUT2D eigenvalue weighted by Crippen LogP contribution is -2.29. The van der Waals surface area contributed by atoms with Gasteiger partial charge in [-0.05, 0) is 19.4 Å². The number of pyridine rings is 1. The van der Waals surface area contributed by atoms with Crippen molar-refractivity contribution in [1.82, 2.24) is 20.3 Å². The molecule has 0 bridgehead atoms. The van der Waals surface area contributed by atoms with Crippen LogP contribution in [0.3, 0.4) is 0 Å². The summed E-state index contributed by atoms with van der Waals surface area (Å²) in [6.45, 7) is 3.92. The number of rotatable bonds is 5. The van der Waals surface area contributed by atoms with Crippen molar-refractivity contribution < 1.29 is 9.53 Å². The van der Waals surface area contributed by atoms with Crippen molar-refractivity contribution in [3.63, 3.8) is 0 Å². The van der Waals surface area contributed by atoms with E-state index in [2.05, 4.69) is 20.3 Å². The van der Waals surface area contributed by atoms with E-state index in [4.69, 9.17) is 4.74 Å². The third kappa shape index (κ3) is 3.14. The number of H-pyrrole nitrogens is 1. The van der Waals surface area contributed by atoms with Crippen LogP contribution in [-0.4, -0.2) is 28.0 Å². The molecule has 2 N–H and O–H groups in total. The highest BCUT2D eigenvalue weighted by molar-refractivity contribution is 5.94. The summed E-state index contributed by atoms with van der Waals surface area (Å²) in [7, 11) is 1.54. The standard InChI is InChI=1S/C14H18N4O2/c1-4-11(13-16-7-9(2)17-13)18-14(19)10-5-6-12(20-3)15-8-10/h5-8,11H,4H2,1-3H3,(H,16,17)(H,18,19)/t11-/m1/s1. The second-order valence-electron chi connectivity index (χ2n) is 4.47. The monoisotopic (exact) mass is 274 g/mol. The molecule has 0 aromatic carbocycles. The lowest BCUT2D eigenvalue weighted by Gasteiger charge is -2.14. The maximum atomic E-state index is 12.2. The first-order valence-electron chi connectivity index (χ1n) is 6.46. The number of aromatic nitrogens is 3. The first kappa shape index (κ1) is 14.0. The summed E-state index contributed by atoms with van der Waals surface area (Å²) in [5.41, 5.74) is 1.46. The number of hydrogen-bond acceptors (Lipinski definition) is 4. The van der Waals surface area contributed by atoms with Crippen LogP contribution in [-0.2, 0) is 0 Å². The Balaban J connectivity index is 2.08. The van der Waals surface area contributed by atoms with Crippen LogP contribution in [0, 0.1) is 6.92 Å². The molecule has 0 radical (unpaired) electrons. The maximum Gasteiger partial charge on any atom is 0.253 e. The van der Waals surface area contributed by atoms with Crippen LogP contribution in [0.2, 0.25) is 0 Å². The van der Waals surface area contributed by atoms with Crippen LogP contribution < -0.4 is 10.1 Å². The van der Waals surface area contributed by atoms with Crippen LogP contribution in [0.15, 0.2) is 24.5 Å². The van der Waals surface area contributed by atoms with Gasteiger partial charge in [-0.25, -0.2) is 9.97 Å². The van der Waals surface area contributed by atoms with Crippen LogP contribution in [0.4, 0.5) is 0 Å². The molecule has 106 valence electrons. The highest BCUT2D eigenvalue weighted by atomic mass is 16.5. The van der Waals surface area contributed by atoms with E-state index in [1.165, 1.54) is 13.3 Å². The fourth-order valence-corrected chi connectivity index (χ4v) is 1.85. The molecule has 6 heteroatoms. The second kappa shape index (κ2) is 6.18. The third-order valence-electron chi connectivity index (χ3n) is 2.97. The molecule has 2 heterocycles.